The fraction of sp³-hybridized carbons (Fsp3) is 0.792. The minimum absolute atomic E-state index is 0.348. The van der Waals surface area contributed by atoms with Crippen LogP contribution in [0.25, 0.3) is 0 Å². The number of carbonyl (C=O) groups excluding carboxylic acids is 1. The van der Waals surface area contributed by atoms with Crippen LogP contribution in [0, 0.1) is 5.92 Å². The summed E-state index contributed by atoms with van der Waals surface area (Å²) in [5.74, 6) is 0.973. The van der Waals surface area contributed by atoms with Crippen molar-refractivity contribution in [3.05, 3.63) is 21.3 Å². The number of unbranched alkanes of at least 4 members (excludes halogenated alkanes) is 3. The topological polar surface area (TPSA) is 17.1 Å². The van der Waals surface area contributed by atoms with E-state index in [1.165, 1.54) is 50.5 Å². The molecule has 0 spiro atoms. The first kappa shape index (κ1) is 24.0. The zero-order chi connectivity index (χ0) is 19.4. The Balaban J connectivity index is 2.96. The molecule has 1 rings (SSSR count). The van der Waals surface area contributed by atoms with Gasteiger partial charge in [0.1, 0.15) is 0 Å². The van der Waals surface area contributed by atoms with Gasteiger partial charge in [0.15, 0.2) is 0 Å². The van der Waals surface area contributed by atoms with Crippen molar-refractivity contribution in [3.63, 3.8) is 0 Å². The monoisotopic (exact) mass is 468 g/mol. The Bertz CT molecular complexity index is 453. The van der Waals surface area contributed by atoms with E-state index >= 15 is 0 Å². The van der Waals surface area contributed by atoms with Gasteiger partial charge in [0.2, 0.25) is 0 Å². The predicted octanol–water partition coefficient (Wildman–Crippen LogP) is 8.03. The molecule has 0 aliphatic heterocycles. The summed E-state index contributed by atoms with van der Waals surface area (Å²) in [6.45, 7) is 11.8. The summed E-state index contributed by atoms with van der Waals surface area (Å²) in [7, 11) is 0. The molecular weight excluding hydrogens is 423 g/mol. The van der Waals surface area contributed by atoms with Crippen molar-refractivity contribution in [2.45, 2.75) is 112 Å². The third-order valence-corrected chi connectivity index (χ3v) is 23.2. The number of hydrogen-bond acceptors (Lipinski definition) is 1. The van der Waals surface area contributed by atoms with Gasteiger partial charge in [0, 0.05) is 0 Å². The molecule has 0 fully saturated rings. The maximum atomic E-state index is 11.7. The molecule has 1 atom stereocenters. The summed E-state index contributed by atoms with van der Waals surface area (Å²) in [4.78, 5) is 11.7. The van der Waals surface area contributed by atoms with Crippen LogP contribution in [-0.4, -0.2) is 24.2 Å². The van der Waals surface area contributed by atoms with E-state index in [0.29, 0.717) is 11.7 Å². The van der Waals surface area contributed by atoms with Gasteiger partial charge in [-0.25, -0.2) is 0 Å². The van der Waals surface area contributed by atoms with Crippen LogP contribution in [0.2, 0.25) is 13.3 Å². The molecule has 0 bridgehead atoms. The Hall–Kier alpha value is -0.0513. The van der Waals surface area contributed by atoms with Gasteiger partial charge in [-0.1, -0.05) is 0 Å². The third-order valence-electron chi connectivity index (χ3n) is 6.59. The molecule has 0 aromatic carbocycles. The molecule has 1 nitrogen and oxygen atoms in total. The van der Waals surface area contributed by atoms with Crippen molar-refractivity contribution in [1.29, 1.82) is 0 Å². The Labute approximate surface area is 168 Å². The maximum absolute atomic E-state index is 11.7. The van der Waals surface area contributed by atoms with Crippen LogP contribution < -0.4 is 0 Å². The Morgan fingerprint density at radius 1 is 1.04 bits per heavy atom. The van der Waals surface area contributed by atoms with Gasteiger partial charge >= 0.3 is 168 Å². The zero-order valence-corrected chi connectivity index (χ0v) is 21.2. The Kier molecular flexibility index (Phi) is 12.2. The summed E-state index contributed by atoms with van der Waals surface area (Å²) < 4.78 is 6.54. The molecule has 1 aliphatic carbocycles. The molecule has 0 saturated carbocycles. The molecule has 0 amide bonds. The second-order valence-electron chi connectivity index (χ2n) is 8.49. The van der Waals surface area contributed by atoms with E-state index in [0.717, 1.165) is 19.3 Å². The standard InChI is InChI=1S/C12H17O.3C4H9.Sn/c1-3-5-6-11-7-8-12(13)9-10(11)4-2;3*1-3-4-2;/h5,9,11H,4,6-8H2,1-2H3;3*1,3-4H2,2H3;. The van der Waals surface area contributed by atoms with Crippen LogP contribution >= 0.6 is 0 Å². The normalized spacial score (nSPS) is 19.0. The first-order chi connectivity index (χ1) is 12.5. The van der Waals surface area contributed by atoms with E-state index in [-0.39, 0.29) is 0 Å². The number of carbonyl (C=O) groups is 1. The first-order valence-electron chi connectivity index (χ1n) is 11.4. The molecule has 2 heteroatoms. The fourth-order valence-electron chi connectivity index (χ4n) is 4.61. The van der Waals surface area contributed by atoms with Crippen LogP contribution in [0.15, 0.2) is 21.3 Å². The third kappa shape index (κ3) is 7.52. The summed E-state index contributed by atoms with van der Waals surface area (Å²) in [6, 6.07) is 0. The molecule has 0 aromatic heterocycles. The van der Waals surface area contributed by atoms with Gasteiger partial charge in [-0.05, 0) is 0 Å². The Morgan fingerprint density at radius 3 is 2.04 bits per heavy atom. The summed E-state index contributed by atoms with van der Waals surface area (Å²) in [5.41, 5.74) is 1.40. The van der Waals surface area contributed by atoms with Crippen molar-refractivity contribution >= 4 is 24.2 Å². The van der Waals surface area contributed by atoms with Gasteiger partial charge in [-0.3, -0.25) is 0 Å². The molecule has 150 valence electrons. The molecule has 0 saturated heterocycles. The number of allylic oxidation sites excluding steroid dienone is 4. The molecule has 0 radical (unpaired) electrons. The van der Waals surface area contributed by atoms with Crippen molar-refractivity contribution in [2.75, 3.05) is 0 Å². The first-order valence-corrected chi connectivity index (χ1v) is 18.9. The second kappa shape index (κ2) is 13.2. The summed E-state index contributed by atoms with van der Waals surface area (Å²) >= 11 is -2.21. The average Bonchev–Trinajstić information content (AvgIpc) is 2.66. The molecule has 0 aromatic rings. The number of rotatable bonds is 13. The zero-order valence-electron chi connectivity index (χ0n) is 18.3. The van der Waals surface area contributed by atoms with Gasteiger partial charge in [0.25, 0.3) is 0 Å². The fourth-order valence-corrected chi connectivity index (χ4v) is 20.5. The van der Waals surface area contributed by atoms with E-state index in [1.807, 2.05) is 9.67 Å². The average molecular weight is 467 g/mol. The SMILES string of the molecule is CCC[CH2][Sn]([CH2]CCC)([CH2]CCC)/[C](C)=C/CC1CCC(=O)C=C1CC. The summed E-state index contributed by atoms with van der Waals surface area (Å²) in [6.07, 6.45) is 17.0. The van der Waals surface area contributed by atoms with Crippen LogP contribution in [0.1, 0.15) is 98.8 Å². The van der Waals surface area contributed by atoms with Crippen molar-refractivity contribution in [2.24, 2.45) is 5.92 Å². The van der Waals surface area contributed by atoms with E-state index < -0.39 is 18.4 Å². The Morgan fingerprint density at radius 2 is 1.58 bits per heavy atom. The number of ketones is 1. The van der Waals surface area contributed by atoms with Crippen molar-refractivity contribution in [3.8, 4) is 0 Å². The molecule has 0 heterocycles. The van der Waals surface area contributed by atoms with Crippen molar-refractivity contribution < 1.29 is 4.79 Å². The van der Waals surface area contributed by atoms with E-state index in [1.54, 1.807) is 13.3 Å². The van der Waals surface area contributed by atoms with Crippen LogP contribution in [0.5, 0.6) is 0 Å². The van der Waals surface area contributed by atoms with Crippen LogP contribution in [0.4, 0.5) is 0 Å². The van der Waals surface area contributed by atoms with Gasteiger partial charge in [-0.2, -0.15) is 0 Å². The molecule has 1 unspecified atom stereocenters. The van der Waals surface area contributed by atoms with E-state index in [4.69, 9.17) is 0 Å². The van der Waals surface area contributed by atoms with Gasteiger partial charge < -0.3 is 0 Å². The number of hydrogen-bond donors (Lipinski definition) is 0. The molecular formula is C24H44OSn. The van der Waals surface area contributed by atoms with Crippen molar-refractivity contribution in [1.82, 2.24) is 0 Å². The molecule has 0 N–H and O–H groups in total. The minimum atomic E-state index is -2.21. The van der Waals surface area contributed by atoms with Crippen LogP contribution in [-0.2, 0) is 4.79 Å². The molecule has 26 heavy (non-hydrogen) atoms. The molecule has 1 aliphatic rings. The summed E-state index contributed by atoms with van der Waals surface area (Å²) in [5, 5.41) is 0. The van der Waals surface area contributed by atoms with Crippen LogP contribution in [0.3, 0.4) is 0 Å². The van der Waals surface area contributed by atoms with E-state index in [2.05, 4.69) is 40.7 Å². The van der Waals surface area contributed by atoms with Gasteiger partial charge in [0.05, 0.1) is 0 Å². The quantitative estimate of drug-likeness (QED) is 0.251. The predicted molar refractivity (Wildman–Crippen MR) is 119 cm³/mol. The van der Waals surface area contributed by atoms with Gasteiger partial charge in [-0.15, -0.1) is 0 Å². The second-order valence-corrected chi connectivity index (χ2v) is 22.3. The van der Waals surface area contributed by atoms with E-state index in [9.17, 15) is 4.79 Å².